The normalized spacial score (nSPS) is 12.1. The van der Waals surface area contributed by atoms with Crippen molar-refractivity contribution >= 4 is 32.4 Å². The molecule has 0 aliphatic rings. The number of fused-ring (bicyclic) bond motifs is 1. The first-order valence-electron chi connectivity index (χ1n) is 6.93. The van der Waals surface area contributed by atoms with Crippen LogP contribution in [0.1, 0.15) is 5.56 Å². The van der Waals surface area contributed by atoms with Gasteiger partial charge in [0, 0.05) is 17.0 Å². The molecular formula is C16H13N3O4S. The number of rotatable bonds is 3. The van der Waals surface area contributed by atoms with Gasteiger partial charge in [-0.1, -0.05) is 30.3 Å². The van der Waals surface area contributed by atoms with Crippen LogP contribution >= 0.6 is 0 Å². The monoisotopic (exact) mass is 343 g/mol. The minimum Gasteiger partial charge on any atom is -0.505 e. The Kier molecular flexibility index (Phi) is 4.00. The maximum Gasteiger partial charge on any atom is 0.295 e. The molecule has 0 aliphatic carbocycles. The summed E-state index contributed by atoms with van der Waals surface area (Å²) >= 11 is 0. The summed E-state index contributed by atoms with van der Waals surface area (Å²) in [4.78, 5) is 3.70. The summed E-state index contributed by atoms with van der Waals surface area (Å²) in [6, 6.07) is 10.8. The SMILES string of the molecule is Cc1ccc(/N=N/c2cc(S(=O)(=O)O)c3ccccc3c2O)nc1. The van der Waals surface area contributed by atoms with Crippen LogP contribution in [0.5, 0.6) is 5.75 Å². The fraction of sp³-hybridized carbons (Fsp3) is 0.0625. The van der Waals surface area contributed by atoms with E-state index in [2.05, 4.69) is 15.2 Å². The molecule has 8 heteroatoms. The van der Waals surface area contributed by atoms with Gasteiger partial charge < -0.3 is 5.11 Å². The smallest absolute Gasteiger partial charge is 0.295 e. The van der Waals surface area contributed by atoms with Crippen LogP contribution in [0, 0.1) is 6.92 Å². The van der Waals surface area contributed by atoms with E-state index in [9.17, 15) is 18.1 Å². The Morgan fingerprint density at radius 2 is 1.75 bits per heavy atom. The maximum absolute atomic E-state index is 11.6. The minimum atomic E-state index is -4.49. The Morgan fingerprint density at radius 3 is 2.38 bits per heavy atom. The highest BCUT2D eigenvalue weighted by Gasteiger charge is 2.19. The Morgan fingerprint density at radius 1 is 1.04 bits per heavy atom. The van der Waals surface area contributed by atoms with Gasteiger partial charge in [-0.15, -0.1) is 10.2 Å². The standard InChI is InChI=1S/C16H13N3O4S/c1-10-6-7-15(17-9-10)19-18-13-8-14(24(21,22)23)11-4-2-3-5-12(11)16(13)20/h2-9,20H,1H3,(H,21,22,23)/b19-18+. The van der Waals surface area contributed by atoms with Crippen molar-refractivity contribution in [3.63, 3.8) is 0 Å². The zero-order valence-corrected chi connectivity index (χ0v) is 13.4. The molecule has 0 radical (unpaired) electrons. The molecule has 0 unspecified atom stereocenters. The molecule has 3 rings (SSSR count). The highest BCUT2D eigenvalue weighted by Crippen LogP contribution is 2.39. The third kappa shape index (κ3) is 3.10. The average molecular weight is 343 g/mol. The number of benzene rings is 2. The Labute approximate surface area is 138 Å². The number of azo groups is 1. The highest BCUT2D eigenvalue weighted by atomic mass is 32.2. The molecule has 1 heterocycles. The first kappa shape index (κ1) is 16.0. The predicted molar refractivity (Wildman–Crippen MR) is 88.6 cm³/mol. The van der Waals surface area contributed by atoms with E-state index < -0.39 is 10.1 Å². The lowest BCUT2D eigenvalue weighted by molar-refractivity contribution is 0.480. The topological polar surface area (TPSA) is 112 Å². The second-order valence-electron chi connectivity index (χ2n) is 5.16. The molecule has 0 bridgehead atoms. The van der Waals surface area contributed by atoms with Crippen LogP contribution in [-0.4, -0.2) is 23.1 Å². The molecule has 0 fully saturated rings. The number of hydrogen-bond donors (Lipinski definition) is 2. The summed E-state index contributed by atoms with van der Waals surface area (Å²) in [5.74, 6) is 0.0791. The van der Waals surface area contributed by atoms with Gasteiger partial charge >= 0.3 is 0 Å². The van der Waals surface area contributed by atoms with Crippen molar-refractivity contribution in [2.24, 2.45) is 10.2 Å². The number of phenols is 1. The molecule has 0 saturated carbocycles. The van der Waals surface area contributed by atoms with Gasteiger partial charge in [-0.05, 0) is 24.6 Å². The van der Waals surface area contributed by atoms with Crippen molar-refractivity contribution in [3.05, 3.63) is 54.2 Å². The second kappa shape index (κ2) is 5.99. The lowest BCUT2D eigenvalue weighted by Gasteiger charge is -2.08. The molecule has 0 saturated heterocycles. The van der Waals surface area contributed by atoms with Crippen LogP contribution in [-0.2, 0) is 10.1 Å². The fourth-order valence-electron chi connectivity index (χ4n) is 2.23. The fourth-order valence-corrected chi connectivity index (χ4v) is 2.94. The summed E-state index contributed by atoms with van der Waals surface area (Å²) in [6.07, 6.45) is 1.61. The van der Waals surface area contributed by atoms with Crippen molar-refractivity contribution in [1.29, 1.82) is 0 Å². The summed E-state index contributed by atoms with van der Waals surface area (Å²) in [6.45, 7) is 1.88. The molecule has 24 heavy (non-hydrogen) atoms. The van der Waals surface area contributed by atoms with E-state index in [-0.39, 0.29) is 27.1 Å². The van der Waals surface area contributed by atoms with Gasteiger partial charge in [0.15, 0.2) is 11.6 Å². The van der Waals surface area contributed by atoms with Crippen molar-refractivity contribution in [2.45, 2.75) is 11.8 Å². The van der Waals surface area contributed by atoms with E-state index in [1.54, 1.807) is 30.5 Å². The Balaban J connectivity index is 2.18. The van der Waals surface area contributed by atoms with Crippen LogP contribution in [0.25, 0.3) is 10.8 Å². The van der Waals surface area contributed by atoms with E-state index in [1.807, 2.05) is 6.92 Å². The Hall–Kier alpha value is -2.84. The summed E-state index contributed by atoms with van der Waals surface area (Å²) < 4.78 is 32.6. The summed E-state index contributed by atoms with van der Waals surface area (Å²) in [5.41, 5.74) is 0.875. The summed E-state index contributed by atoms with van der Waals surface area (Å²) in [7, 11) is -4.49. The molecule has 0 amide bonds. The van der Waals surface area contributed by atoms with Gasteiger partial charge in [0.1, 0.15) is 10.6 Å². The van der Waals surface area contributed by atoms with E-state index >= 15 is 0 Å². The molecule has 2 aromatic carbocycles. The average Bonchev–Trinajstić information content (AvgIpc) is 2.55. The van der Waals surface area contributed by atoms with Crippen LogP contribution in [0.15, 0.2) is 63.8 Å². The van der Waals surface area contributed by atoms with Crippen molar-refractivity contribution in [2.75, 3.05) is 0 Å². The number of phenolic OH excluding ortho intramolecular Hbond substituents is 1. The van der Waals surface area contributed by atoms with Crippen LogP contribution < -0.4 is 0 Å². The third-order valence-electron chi connectivity index (χ3n) is 3.39. The van der Waals surface area contributed by atoms with Crippen LogP contribution in [0.4, 0.5) is 11.5 Å². The van der Waals surface area contributed by atoms with Gasteiger partial charge in [0.25, 0.3) is 10.1 Å². The van der Waals surface area contributed by atoms with E-state index in [1.165, 1.54) is 12.1 Å². The first-order valence-corrected chi connectivity index (χ1v) is 8.37. The largest absolute Gasteiger partial charge is 0.505 e. The van der Waals surface area contributed by atoms with E-state index in [0.29, 0.717) is 5.82 Å². The van der Waals surface area contributed by atoms with Gasteiger partial charge in [-0.25, -0.2) is 4.98 Å². The lowest BCUT2D eigenvalue weighted by atomic mass is 10.1. The second-order valence-corrected chi connectivity index (χ2v) is 6.55. The minimum absolute atomic E-state index is 0.0799. The number of pyridine rings is 1. The zero-order valence-electron chi connectivity index (χ0n) is 12.6. The number of aromatic hydroxyl groups is 1. The number of hydrogen-bond acceptors (Lipinski definition) is 6. The molecule has 0 spiro atoms. The van der Waals surface area contributed by atoms with Crippen LogP contribution in [0.2, 0.25) is 0 Å². The highest BCUT2D eigenvalue weighted by molar-refractivity contribution is 7.86. The van der Waals surface area contributed by atoms with E-state index in [0.717, 1.165) is 11.6 Å². The van der Waals surface area contributed by atoms with Gasteiger partial charge in [-0.3, -0.25) is 4.55 Å². The van der Waals surface area contributed by atoms with Gasteiger partial charge in [0.2, 0.25) is 0 Å². The Bertz CT molecular complexity index is 1040. The number of nitrogens with zero attached hydrogens (tertiary/aromatic N) is 3. The quantitative estimate of drug-likeness (QED) is 0.553. The van der Waals surface area contributed by atoms with Crippen molar-refractivity contribution in [1.82, 2.24) is 4.98 Å². The molecule has 0 atom stereocenters. The lowest BCUT2D eigenvalue weighted by Crippen LogP contribution is -1.99. The molecule has 2 N–H and O–H groups in total. The molecule has 122 valence electrons. The first-order chi connectivity index (χ1) is 11.4. The number of aromatic nitrogens is 1. The molecule has 3 aromatic rings. The van der Waals surface area contributed by atoms with Crippen molar-refractivity contribution in [3.8, 4) is 5.75 Å². The zero-order chi connectivity index (χ0) is 17.3. The molecular weight excluding hydrogens is 330 g/mol. The third-order valence-corrected chi connectivity index (χ3v) is 4.29. The van der Waals surface area contributed by atoms with Crippen molar-refractivity contribution < 1.29 is 18.1 Å². The molecule has 0 aliphatic heterocycles. The summed E-state index contributed by atoms with van der Waals surface area (Å²) in [5, 5.41) is 18.5. The molecule has 7 nitrogen and oxygen atoms in total. The maximum atomic E-state index is 11.6. The van der Waals surface area contributed by atoms with Gasteiger partial charge in [0.05, 0.1) is 0 Å². The molecule has 1 aromatic heterocycles. The van der Waals surface area contributed by atoms with E-state index in [4.69, 9.17) is 0 Å². The van der Waals surface area contributed by atoms with Crippen LogP contribution in [0.3, 0.4) is 0 Å². The van der Waals surface area contributed by atoms with Gasteiger partial charge in [-0.2, -0.15) is 8.42 Å². The predicted octanol–water partition coefficient (Wildman–Crippen LogP) is 3.91. The number of aryl methyl sites for hydroxylation is 1.